The predicted molar refractivity (Wildman–Crippen MR) is 54.1 cm³/mol. The normalized spacial score (nSPS) is 25.2. The first kappa shape index (κ1) is 10.0. The van der Waals surface area contributed by atoms with Gasteiger partial charge in [-0.05, 0) is 25.7 Å². The second-order valence-corrected chi connectivity index (χ2v) is 4.72. The van der Waals surface area contributed by atoms with Crippen LogP contribution in [0.2, 0.25) is 0 Å². The lowest BCUT2D eigenvalue weighted by atomic mass is 9.79. The molecule has 12 heavy (non-hydrogen) atoms. The zero-order valence-corrected chi connectivity index (χ0v) is 8.60. The summed E-state index contributed by atoms with van der Waals surface area (Å²) in [4.78, 5) is 0. The van der Waals surface area contributed by atoms with Crippen molar-refractivity contribution in [2.45, 2.75) is 64.3 Å². The molecule has 0 amide bonds. The molecule has 0 unspecified atom stereocenters. The lowest BCUT2D eigenvalue weighted by Gasteiger charge is -2.30. The zero-order chi connectivity index (χ0) is 9.03. The van der Waals surface area contributed by atoms with Gasteiger partial charge in [0.2, 0.25) is 0 Å². The van der Waals surface area contributed by atoms with Crippen LogP contribution < -0.4 is 5.73 Å². The van der Waals surface area contributed by atoms with E-state index in [2.05, 4.69) is 13.8 Å². The summed E-state index contributed by atoms with van der Waals surface area (Å²) in [6, 6.07) is 0. The second kappa shape index (κ2) is 4.27. The molecule has 0 spiro atoms. The third-order valence-electron chi connectivity index (χ3n) is 3.29. The quantitative estimate of drug-likeness (QED) is 0.690. The van der Waals surface area contributed by atoms with Gasteiger partial charge in [-0.2, -0.15) is 0 Å². The van der Waals surface area contributed by atoms with Crippen molar-refractivity contribution in [1.82, 2.24) is 0 Å². The monoisotopic (exact) mass is 169 g/mol. The van der Waals surface area contributed by atoms with E-state index in [4.69, 9.17) is 5.73 Å². The molecule has 72 valence electrons. The van der Waals surface area contributed by atoms with E-state index in [0.717, 1.165) is 12.3 Å². The Labute approximate surface area is 76.7 Å². The van der Waals surface area contributed by atoms with Gasteiger partial charge in [-0.15, -0.1) is 0 Å². The largest absolute Gasteiger partial charge is 0.325 e. The average molecular weight is 169 g/mol. The first-order valence-corrected chi connectivity index (χ1v) is 5.43. The molecule has 0 saturated heterocycles. The van der Waals surface area contributed by atoms with Crippen LogP contribution in [0, 0.1) is 5.92 Å². The summed E-state index contributed by atoms with van der Waals surface area (Å²) in [5.74, 6) is 0.925. The smallest absolute Gasteiger partial charge is 0.0125 e. The van der Waals surface area contributed by atoms with Crippen molar-refractivity contribution in [3.63, 3.8) is 0 Å². The lowest BCUT2D eigenvalue weighted by molar-refractivity contribution is 0.265. The molecule has 0 aromatic carbocycles. The summed E-state index contributed by atoms with van der Waals surface area (Å²) in [6.45, 7) is 4.39. The molecule has 0 bridgehead atoms. The van der Waals surface area contributed by atoms with E-state index < -0.39 is 0 Å². The van der Waals surface area contributed by atoms with Gasteiger partial charge < -0.3 is 5.73 Å². The summed E-state index contributed by atoms with van der Waals surface area (Å²) in [7, 11) is 0. The maximum Gasteiger partial charge on any atom is 0.0125 e. The van der Waals surface area contributed by atoms with E-state index in [0.29, 0.717) is 0 Å². The van der Waals surface area contributed by atoms with Gasteiger partial charge in [0.1, 0.15) is 0 Å². The number of hydrogen-bond donors (Lipinski definition) is 1. The molecule has 0 radical (unpaired) electrons. The Balaban J connectivity index is 2.28. The van der Waals surface area contributed by atoms with Gasteiger partial charge in [-0.3, -0.25) is 0 Å². The van der Waals surface area contributed by atoms with Gasteiger partial charge in [-0.25, -0.2) is 0 Å². The lowest BCUT2D eigenvalue weighted by Crippen LogP contribution is -2.37. The van der Waals surface area contributed by atoms with Crippen LogP contribution in [0.15, 0.2) is 0 Å². The highest BCUT2D eigenvalue weighted by molar-refractivity contribution is 4.81. The fourth-order valence-corrected chi connectivity index (χ4v) is 2.20. The minimum absolute atomic E-state index is 0.0992. The molecular weight excluding hydrogens is 146 g/mol. The van der Waals surface area contributed by atoms with E-state index >= 15 is 0 Å². The Morgan fingerprint density at radius 1 is 1.25 bits per heavy atom. The first-order valence-electron chi connectivity index (χ1n) is 5.43. The van der Waals surface area contributed by atoms with E-state index in [1.807, 2.05) is 0 Å². The molecule has 1 fully saturated rings. The van der Waals surface area contributed by atoms with E-state index in [1.165, 1.54) is 38.5 Å². The van der Waals surface area contributed by atoms with Crippen LogP contribution in [0.5, 0.6) is 0 Å². The molecule has 2 N–H and O–H groups in total. The Bertz CT molecular complexity index is 123. The number of rotatable bonds is 3. The molecule has 0 aromatic rings. The Kier molecular flexibility index (Phi) is 3.57. The molecule has 1 rings (SSSR count). The standard InChI is InChI=1S/C11H23N/c1-3-11(2,12)9-10-7-5-4-6-8-10/h10H,3-9,12H2,1-2H3/t11-/m1/s1. The number of nitrogens with two attached hydrogens (primary N) is 1. The van der Waals surface area contributed by atoms with Crippen LogP contribution in [0.25, 0.3) is 0 Å². The van der Waals surface area contributed by atoms with Gasteiger partial charge in [0, 0.05) is 5.54 Å². The van der Waals surface area contributed by atoms with E-state index in [1.54, 1.807) is 0 Å². The molecule has 1 nitrogen and oxygen atoms in total. The molecule has 0 heterocycles. The van der Waals surface area contributed by atoms with Crippen molar-refractivity contribution in [2.24, 2.45) is 11.7 Å². The van der Waals surface area contributed by atoms with Crippen molar-refractivity contribution >= 4 is 0 Å². The summed E-state index contributed by atoms with van der Waals surface area (Å²) < 4.78 is 0. The molecule has 0 aliphatic heterocycles. The van der Waals surface area contributed by atoms with Gasteiger partial charge in [-0.1, -0.05) is 39.0 Å². The van der Waals surface area contributed by atoms with Crippen molar-refractivity contribution in [1.29, 1.82) is 0 Å². The van der Waals surface area contributed by atoms with Crippen LogP contribution in [0.3, 0.4) is 0 Å². The molecule has 1 heteroatoms. The predicted octanol–water partition coefficient (Wildman–Crippen LogP) is 3.08. The average Bonchev–Trinajstić information content (AvgIpc) is 2.06. The summed E-state index contributed by atoms with van der Waals surface area (Å²) in [6.07, 6.45) is 9.52. The molecule has 0 aromatic heterocycles. The minimum atomic E-state index is 0.0992. The Hall–Kier alpha value is -0.0400. The van der Waals surface area contributed by atoms with Crippen LogP contribution in [0.4, 0.5) is 0 Å². The van der Waals surface area contributed by atoms with Crippen molar-refractivity contribution < 1.29 is 0 Å². The topological polar surface area (TPSA) is 26.0 Å². The highest BCUT2D eigenvalue weighted by atomic mass is 14.7. The van der Waals surface area contributed by atoms with E-state index in [9.17, 15) is 0 Å². The molecule has 1 aliphatic carbocycles. The molecule has 1 saturated carbocycles. The zero-order valence-electron chi connectivity index (χ0n) is 8.60. The second-order valence-electron chi connectivity index (χ2n) is 4.72. The fourth-order valence-electron chi connectivity index (χ4n) is 2.20. The summed E-state index contributed by atoms with van der Waals surface area (Å²) in [5, 5.41) is 0. The SMILES string of the molecule is CC[C@@](C)(N)CC1CCCCC1. The molecule has 1 atom stereocenters. The van der Waals surface area contributed by atoms with Crippen molar-refractivity contribution in [2.75, 3.05) is 0 Å². The minimum Gasteiger partial charge on any atom is -0.325 e. The highest BCUT2D eigenvalue weighted by Crippen LogP contribution is 2.30. The van der Waals surface area contributed by atoms with Gasteiger partial charge >= 0.3 is 0 Å². The van der Waals surface area contributed by atoms with Crippen molar-refractivity contribution in [3.8, 4) is 0 Å². The maximum absolute atomic E-state index is 6.15. The third-order valence-corrected chi connectivity index (χ3v) is 3.29. The maximum atomic E-state index is 6.15. The first-order chi connectivity index (χ1) is 5.64. The van der Waals surface area contributed by atoms with E-state index in [-0.39, 0.29) is 5.54 Å². The molecular formula is C11H23N. The van der Waals surface area contributed by atoms with Crippen LogP contribution in [0.1, 0.15) is 58.8 Å². The van der Waals surface area contributed by atoms with Crippen LogP contribution in [-0.2, 0) is 0 Å². The fraction of sp³-hybridized carbons (Fsp3) is 1.00. The van der Waals surface area contributed by atoms with Crippen LogP contribution in [-0.4, -0.2) is 5.54 Å². The van der Waals surface area contributed by atoms with Gasteiger partial charge in [0.05, 0.1) is 0 Å². The van der Waals surface area contributed by atoms with Gasteiger partial charge in [0.15, 0.2) is 0 Å². The molecule has 1 aliphatic rings. The highest BCUT2D eigenvalue weighted by Gasteiger charge is 2.23. The third kappa shape index (κ3) is 3.14. The summed E-state index contributed by atoms with van der Waals surface area (Å²) in [5.41, 5.74) is 6.25. The number of hydrogen-bond acceptors (Lipinski definition) is 1. The Morgan fingerprint density at radius 3 is 2.33 bits per heavy atom. The van der Waals surface area contributed by atoms with Gasteiger partial charge in [0.25, 0.3) is 0 Å². The van der Waals surface area contributed by atoms with Crippen LogP contribution >= 0.6 is 0 Å². The Morgan fingerprint density at radius 2 is 1.83 bits per heavy atom. The van der Waals surface area contributed by atoms with Crippen molar-refractivity contribution in [3.05, 3.63) is 0 Å². The summed E-state index contributed by atoms with van der Waals surface area (Å²) >= 11 is 0.